The molecule has 2 aromatic carbocycles. The summed E-state index contributed by atoms with van der Waals surface area (Å²) < 4.78 is 5.91. The van der Waals surface area contributed by atoms with Gasteiger partial charge >= 0.3 is 0 Å². The van der Waals surface area contributed by atoms with Gasteiger partial charge in [0.05, 0.1) is 6.42 Å². The van der Waals surface area contributed by atoms with Crippen molar-refractivity contribution in [3.8, 4) is 5.75 Å². The molecule has 1 aliphatic rings. The Hall–Kier alpha value is -2.33. The van der Waals surface area contributed by atoms with Crippen LogP contribution in [0.2, 0.25) is 0 Å². The largest absolute Gasteiger partial charge is 0.489 e. The molecule has 132 valence electrons. The molecule has 0 spiro atoms. The average molecular weight is 338 g/mol. The fourth-order valence-electron chi connectivity index (χ4n) is 3.11. The standard InChI is InChI=1S/C21H26N2O2/c1-16-5-2-3-7-18(16)15-25-20-8-4-6-17(13-20)14-21(24)23-11-9-19(22)10-12-23/h2-8,13,19H,9-12,14-15,22H2,1H3. The van der Waals surface area contributed by atoms with Crippen LogP contribution in [0.15, 0.2) is 48.5 Å². The number of aryl methyl sites for hydroxylation is 1. The van der Waals surface area contributed by atoms with Crippen LogP contribution in [-0.2, 0) is 17.8 Å². The summed E-state index contributed by atoms with van der Waals surface area (Å²) in [4.78, 5) is 14.4. The van der Waals surface area contributed by atoms with Crippen molar-refractivity contribution < 1.29 is 9.53 Å². The van der Waals surface area contributed by atoms with Crippen molar-refractivity contribution in [1.29, 1.82) is 0 Å². The van der Waals surface area contributed by atoms with Crippen LogP contribution in [0.5, 0.6) is 5.75 Å². The number of ether oxygens (including phenoxy) is 1. The molecule has 2 aromatic rings. The molecule has 1 fully saturated rings. The second kappa shape index (κ2) is 8.17. The zero-order chi connectivity index (χ0) is 17.6. The Bertz CT molecular complexity index is 721. The molecule has 25 heavy (non-hydrogen) atoms. The van der Waals surface area contributed by atoms with E-state index in [2.05, 4.69) is 19.1 Å². The third-order valence-corrected chi connectivity index (χ3v) is 4.80. The second-order valence-electron chi connectivity index (χ2n) is 6.76. The first kappa shape index (κ1) is 17.5. The number of hydrogen-bond donors (Lipinski definition) is 1. The van der Waals surface area contributed by atoms with Gasteiger partial charge in [0.15, 0.2) is 0 Å². The smallest absolute Gasteiger partial charge is 0.226 e. The van der Waals surface area contributed by atoms with Crippen molar-refractivity contribution >= 4 is 5.91 Å². The molecule has 4 heteroatoms. The molecule has 0 unspecified atom stereocenters. The molecule has 0 bridgehead atoms. The van der Waals surface area contributed by atoms with Crippen LogP contribution in [-0.4, -0.2) is 29.9 Å². The van der Waals surface area contributed by atoms with Crippen LogP contribution in [0, 0.1) is 6.92 Å². The molecular formula is C21H26N2O2. The van der Waals surface area contributed by atoms with Gasteiger partial charge in [0.2, 0.25) is 5.91 Å². The van der Waals surface area contributed by atoms with Gasteiger partial charge < -0.3 is 15.4 Å². The summed E-state index contributed by atoms with van der Waals surface area (Å²) in [6, 6.07) is 16.3. The molecule has 1 saturated heterocycles. The van der Waals surface area contributed by atoms with E-state index < -0.39 is 0 Å². The van der Waals surface area contributed by atoms with Crippen molar-refractivity contribution in [2.45, 2.75) is 38.8 Å². The van der Waals surface area contributed by atoms with E-state index in [9.17, 15) is 4.79 Å². The summed E-state index contributed by atoms with van der Waals surface area (Å²) in [6.07, 6.45) is 2.20. The third-order valence-electron chi connectivity index (χ3n) is 4.80. The zero-order valence-corrected chi connectivity index (χ0v) is 14.8. The summed E-state index contributed by atoms with van der Waals surface area (Å²) >= 11 is 0. The molecule has 1 heterocycles. The highest BCUT2D eigenvalue weighted by atomic mass is 16.5. The summed E-state index contributed by atoms with van der Waals surface area (Å²) in [5.74, 6) is 0.970. The highest BCUT2D eigenvalue weighted by Crippen LogP contribution is 2.18. The zero-order valence-electron chi connectivity index (χ0n) is 14.8. The quantitative estimate of drug-likeness (QED) is 0.911. The van der Waals surface area contributed by atoms with Gasteiger partial charge in [-0.25, -0.2) is 0 Å². The van der Waals surface area contributed by atoms with Gasteiger partial charge in [-0.2, -0.15) is 0 Å². The number of amides is 1. The fourth-order valence-corrected chi connectivity index (χ4v) is 3.11. The van der Waals surface area contributed by atoms with Crippen molar-refractivity contribution in [3.05, 3.63) is 65.2 Å². The summed E-state index contributed by atoms with van der Waals surface area (Å²) in [7, 11) is 0. The van der Waals surface area contributed by atoms with Crippen molar-refractivity contribution in [1.82, 2.24) is 4.90 Å². The summed E-state index contributed by atoms with van der Waals surface area (Å²) in [6.45, 7) is 4.15. The Morgan fingerprint density at radius 1 is 1.16 bits per heavy atom. The van der Waals surface area contributed by atoms with Crippen molar-refractivity contribution in [2.75, 3.05) is 13.1 Å². The highest BCUT2D eigenvalue weighted by Gasteiger charge is 2.20. The first-order chi connectivity index (χ1) is 12.1. The maximum atomic E-state index is 12.5. The number of benzene rings is 2. The molecule has 0 saturated carbocycles. The Morgan fingerprint density at radius 2 is 1.92 bits per heavy atom. The molecule has 4 nitrogen and oxygen atoms in total. The Labute approximate surface area is 149 Å². The lowest BCUT2D eigenvalue weighted by atomic mass is 10.0. The molecule has 3 rings (SSSR count). The van der Waals surface area contributed by atoms with Gasteiger partial charge in [-0.05, 0) is 48.6 Å². The molecule has 1 aliphatic heterocycles. The molecule has 0 atom stereocenters. The molecule has 0 radical (unpaired) electrons. The Kier molecular flexibility index (Phi) is 5.71. The number of nitrogens with two attached hydrogens (primary N) is 1. The monoisotopic (exact) mass is 338 g/mol. The van der Waals surface area contributed by atoms with E-state index in [0.29, 0.717) is 13.0 Å². The van der Waals surface area contributed by atoms with E-state index >= 15 is 0 Å². The number of nitrogens with zero attached hydrogens (tertiary/aromatic N) is 1. The minimum absolute atomic E-state index is 0.169. The second-order valence-corrected chi connectivity index (χ2v) is 6.76. The molecule has 0 aliphatic carbocycles. The van der Waals surface area contributed by atoms with Gasteiger partial charge in [0.25, 0.3) is 0 Å². The average Bonchev–Trinajstić information content (AvgIpc) is 2.62. The van der Waals surface area contributed by atoms with E-state index in [-0.39, 0.29) is 11.9 Å². The minimum atomic E-state index is 0.169. The predicted molar refractivity (Wildman–Crippen MR) is 99.4 cm³/mol. The van der Waals surface area contributed by atoms with Crippen LogP contribution >= 0.6 is 0 Å². The van der Waals surface area contributed by atoms with Crippen LogP contribution in [0.4, 0.5) is 0 Å². The maximum Gasteiger partial charge on any atom is 0.226 e. The number of rotatable bonds is 5. The molecule has 0 aromatic heterocycles. The van der Waals surface area contributed by atoms with Crippen molar-refractivity contribution in [2.24, 2.45) is 5.73 Å². The van der Waals surface area contributed by atoms with Gasteiger partial charge in [-0.1, -0.05) is 36.4 Å². The van der Waals surface area contributed by atoms with Gasteiger partial charge in [0.1, 0.15) is 12.4 Å². The Balaban J connectivity index is 1.58. The van der Waals surface area contributed by atoms with Crippen molar-refractivity contribution in [3.63, 3.8) is 0 Å². The van der Waals surface area contributed by atoms with Crippen LogP contribution in [0.1, 0.15) is 29.5 Å². The van der Waals surface area contributed by atoms with Crippen LogP contribution < -0.4 is 10.5 Å². The topological polar surface area (TPSA) is 55.6 Å². The predicted octanol–water partition coefficient (Wildman–Crippen LogP) is 3.07. The highest BCUT2D eigenvalue weighted by molar-refractivity contribution is 5.79. The molecular weight excluding hydrogens is 312 g/mol. The first-order valence-corrected chi connectivity index (χ1v) is 8.91. The number of piperidine rings is 1. The number of carbonyl (C=O) groups excluding carboxylic acids is 1. The van der Waals surface area contributed by atoms with Gasteiger partial charge in [-0.15, -0.1) is 0 Å². The van der Waals surface area contributed by atoms with Crippen LogP contribution in [0.25, 0.3) is 0 Å². The van der Waals surface area contributed by atoms with Crippen LogP contribution in [0.3, 0.4) is 0 Å². The van der Waals surface area contributed by atoms with Gasteiger partial charge in [-0.3, -0.25) is 4.79 Å². The summed E-state index contributed by atoms with van der Waals surface area (Å²) in [5, 5.41) is 0. The van der Waals surface area contributed by atoms with Gasteiger partial charge in [0, 0.05) is 19.1 Å². The van der Waals surface area contributed by atoms with E-state index in [1.165, 1.54) is 11.1 Å². The minimum Gasteiger partial charge on any atom is -0.489 e. The maximum absolute atomic E-state index is 12.5. The molecule has 1 amide bonds. The lowest BCUT2D eigenvalue weighted by Crippen LogP contribution is -2.43. The van der Waals surface area contributed by atoms with E-state index in [4.69, 9.17) is 10.5 Å². The first-order valence-electron chi connectivity index (χ1n) is 8.91. The lowest BCUT2D eigenvalue weighted by Gasteiger charge is -2.30. The van der Waals surface area contributed by atoms with E-state index in [1.807, 2.05) is 41.3 Å². The lowest BCUT2D eigenvalue weighted by molar-refractivity contribution is -0.131. The third kappa shape index (κ3) is 4.83. The SMILES string of the molecule is Cc1ccccc1COc1cccc(CC(=O)N2CCC(N)CC2)c1. The summed E-state index contributed by atoms with van der Waals surface area (Å²) in [5.41, 5.74) is 9.29. The Morgan fingerprint density at radius 3 is 2.68 bits per heavy atom. The van der Waals surface area contributed by atoms with E-state index in [0.717, 1.165) is 37.2 Å². The number of hydrogen-bond acceptors (Lipinski definition) is 3. The normalized spacial score (nSPS) is 15.2. The molecule has 2 N–H and O–H groups in total. The number of carbonyl (C=O) groups is 1. The van der Waals surface area contributed by atoms with E-state index in [1.54, 1.807) is 0 Å². The number of likely N-dealkylation sites (tertiary alicyclic amines) is 1. The fraction of sp³-hybridized carbons (Fsp3) is 0.381.